The van der Waals surface area contributed by atoms with Gasteiger partial charge in [0.2, 0.25) is 0 Å². The van der Waals surface area contributed by atoms with E-state index in [9.17, 15) is 4.79 Å². The van der Waals surface area contributed by atoms with Crippen molar-refractivity contribution in [2.75, 3.05) is 0 Å². The largest absolute Gasteiger partial charge is 0.293 e. The van der Waals surface area contributed by atoms with E-state index in [1.54, 1.807) is 11.7 Å². The van der Waals surface area contributed by atoms with E-state index in [0.29, 0.717) is 11.7 Å². The van der Waals surface area contributed by atoms with E-state index < -0.39 is 0 Å². The number of ketones is 1. The van der Waals surface area contributed by atoms with Gasteiger partial charge in [-0.2, -0.15) is 0 Å². The Kier molecular flexibility index (Phi) is 2.21. The van der Waals surface area contributed by atoms with Gasteiger partial charge in [0.1, 0.15) is 0 Å². The number of Topliss-reactive ketones (excluding diaryl/α,β-unsaturated/α-hetero) is 1. The fourth-order valence-electron chi connectivity index (χ4n) is 1.73. The zero-order valence-electron chi connectivity index (χ0n) is 6.82. The van der Waals surface area contributed by atoms with Crippen molar-refractivity contribution in [3.63, 3.8) is 0 Å². The number of carbonyl (C=O) groups is 1. The summed E-state index contributed by atoms with van der Waals surface area (Å²) in [7, 11) is 0. The van der Waals surface area contributed by atoms with Gasteiger partial charge in [-0.3, -0.25) is 9.78 Å². The van der Waals surface area contributed by atoms with Gasteiger partial charge in [-0.25, -0.2) is 0 Å². The quantitative estimate of drug-likeness (QED) is 0.656. The van der Waals surface area contributed by atoms with Crippen molar-refractivity contribution in [2.24, 2.45) is 5.92 Å². The van der Waals surface area contributed by atoms with Gasteiger partial charge in [-0.1, -0.05) is 12.8 Å². The van der Waals surface area contributed by atoms with Crippen LogP contribution in [-0.2, 0) is 0 Å². The molecule has 1 fully saturated rings. The standard InChI is InChI=1S/C9H11NOS/c11-9(7-3-1-2-4-7)8-5-10-6-12-8/h5-7H,1-4H2. The van der Waals surface area contributed by atoms with E-state index in [4.69, 9.17) is 0 Å². The van der Waals surface area contributed by atoms with Gasteiger partial charge < -0.3 is 0 Å². The molecule has 2 rings (SSSR count). The summed E-state index contributed by atoms with van der Waals surface area (Å²) >= 11 is 1.46. The van der Waals surface area contributed by atoms with Crippen molar-refractivity contribution in [2.45, 2.75) is 25.7 Å². The molecule has 1 aliphatic carbocycles. The Morgan fingerprint density at radius 1 is 1.50 bits per heavy atom. The first kappa shape index (κ1) is 7.92. The van der Waals surface area contributed by atoms with Crippen molar-refractivity contribution in [1.82, 2.24) is 4.98 Å². The Labute approximate surface area is 75.6 Å². The van der Waals surface area contributed by atoms with E-state index >= 15 is 0 Å². The number of thiazole rings is 1. The second-order valence-electron chi connectivity index (χ2n) is 3.21. The lowest BCUT2D eigenvalue weighted by Gasteiger charge is -2.03. The summed E-state index contributed by atoms with van der Waals surface area (Å²) in [5.41, 5.74) is 1.72. The lowest BCUT2D eigenvalue weighted by atomic mass is 10.0. The molecule has 1 heterocycles. The molecule has 0 amide bonds. The van der Waals surface area contributed by atoms with Crippen LogP contribution in [0.15, 0.2) is 11.7 Å². The zero-order chi connectivity index (χ0) is 8.39. The van der Waals surface area contributed by atoms with Crippen LogP contribution in [0.1, 0.15) is 35.4 Å². The van der Waals surface area contributed by atoms with E-state index in [1.165, 1.54) is 24.2 Å². The number of rotatable bonds is 2. The van der Waals surface area contributed by atoms with Gasteiger partial charge in [-0.15, -0.1) is 11.3 Å². The van der Waals surface area contributed by atoms with Crippen molar-refractivity contribution in [1.29, 1.82) is 0 Å². The fourth-order valence-corrected chi connectivity index (χ4v) is 2.37. The second-order valence-corrected chi connectivity index (χ2v) is 4.10. The lowest BCUT2D eigenvalue weighted by molar-refractivity contribution is 0.0927. The van der Waals surface area contributed by atoms with Gasteiger partial charge in [0, 0.05) is 12.1 Å². The molecule has 0 atom stereocenters. The number of hydrogen-bond acceptors (Lipinski definition) is 3. The average Bonchev–Trinajstić information content (AvgIpc) is 2.77. The third-order valence-electron chi connectivity index (χ3n) is 2.40. The summed E-state index contributed by atoms with van der Waals surface area (Å²) < 4.78 is 0. The van der Waals surface area contributed by atoms with Crippen LogP contribution in [-0.4, -0.2) is 10.8 Å². The maximum absolute atomic E-state index is 11.7. The van der Waals surface area contributed by atoms with Gasteiger partial charge >= 0.3 is 0 Å². The Balaban J connectivity index is 2.09. The highest BCUT2D eigenvalue weighted by Gasteiger charge is 2.24. The summed E-state index contributed by atoms with van der Waals surface area (Å²) in [6, 6.07) is 0. The molecule has 64 valence electrons. The molecular formula is C9H11NOS. The fraction of sp³-hybridized carbons (Fsp3) is 0.556. The predicted molar refractivity (Wildman–Crippen MR) is 48.4 cm³/mol. The minimum absolute atomic E-state index is 0.297. The summed E-state index contributed by atoms with van der Waals surface area (Å²) in [6.45, 7) is 0. The zero-order valence-corrected chi connectivity index (χ0v) is 7.64. The molecule has 0 spiro atoms. The number of hydrogen-bond donors (Lipinski definition) is 0. The lowest BCUT2D eigenvalue weighted by Crippen LogP contribution is -2.08. The Hall–Kier alpha value is -0.700. The van der Waals surface area contributed by atoms with Crippen LogP contribution in [0.3, 0.4) is 0 Å². The Morgan fingerprint density at radius 2 is 2.25 bits per heavy atom. The molecule has 0 bridgehead atoms. The third kappa shape index (κ3) is 1.41. The summed E-state index contributed by atoms with van der Waals surface area (Å²) in [5, 5.41) is 0. The third-order valence-corrected chi connectivity index (χ3v) is 3.19. The molecule has 1 saturated carbocycles. The van der Waals surface area contributed by atoms with Gasteiger partial charge in [0.05, 0.1) is 10.4 Å². The molecule has 1 aromatic heterocycles. The average molecular weight is 181 g/mol. The molecule has 12 heavy (non-hydrogen) atoms. The van der Waals surface area contributed by atoms with Gasteiger partial charge in [-0.05, 0) is 12.8 Å². The predicted octanol–water partition coefficient (Wildman–Crippen LogP) is 2.52. The molecule has 0 unspecified atom stereocenters. The van der Waals surface area contributed by atoms with Crippen LogP contribution in [0.5, 0.6) is 0 Å². The number of nitrogens with zero attached hydrogens (tertiary/aromatic N) is 1. The summed E-state index contributed by atoms with van der Waals surface area (Å²) in [6.07, 6.45) is 6.28. The number of carbonyl (C=O) groups excluding carboxylic acids is 1. The van der Waals surface area contributed by atoms with E-state index in [0.717, 1.165) is 17.7 Å². The molecule has 0 aromatic carbocycles. The molecule has 1 aliphatic rings. The molecule has 0 N–H and O–H groups in total. The van der Waals surface area contributed by atoms with Crippen LogP contribution >= 0.6 is 11.3 Å². The summed E-state index contributed by atoms with van der Waals surface area (Å²) in [5.74, 6) is 0.612. The molecule has 2 nitrogen and oxygen atoms in total. The van der Waals surface area contributed by atoms with Crippen LogP contribution < -0.4 is 0 Å². The molecular weight excluding hydrogens is 170 g/mol. The SMILES string of the molecule is O=C(c1cncs1)C1CCCC1. The highest BCUT2D eigenvalue weighted by atomic mass is 32.1. The topological polar surface area (TPSA) is 30.0 Å². The minimum Gasteiger partial charge on any atom is -0.293 e. The van der Waals surface area contributed by atoms with Crippen LogP contribution in [0.4, 0.5) is 0 Å². The number of aromatic nitrogens is 1. The highest BCUT2D eigenvalue weighted by molar-refractivity contribution is 7.11. The van der Waals surface area contributed by atoms with Crippen molar-refractivity contribution in [3.8, 4) is 0 Å². The monoisotopic (exact) mass is 181 g/mol. The maximum Gasteiger partial charge on any atom is 0.177 e. The molecule has 0 aliphatic heterocycles. The van der Waals surface area contributed by atoms with E-state index in [2.05, 4.69) is 4.98 Å². The van der Waals surface area contributed by atoms with E-state index in [-0.39, 0.29) is 0 Å². The molecule has 0 saturated heterocycles. The van der Waals surface area contributed by atoms with Crippen LogP contribution in [0, 0.1) is 5.92 Å². The second kappa shape index (κ2) is 3.35. The first-order chi connectivity index (χ1) is 5.88. The van der Waals surface area contributed by atoms with Crippen molar-refractivity contribution >= 4 is 17.1 Å². The molecule has 3 heteroatoms. The Morgan fingerprint density at radius 3 is 2.83 bits per heavy atom. The first-order valence-corrected chi connectivity index (χ1v) is 5.18. The van der Waals surface area contributed by atoms with Crippen molar-refractivity contribution < 1.29 is 4.79 Å². The van der Waals surface area contributed by atoms with E-state index in [1.807, 2.05) is 0 Å². The smallest absolute Gasteiger partial charge is 0.177 e. The molecule has 1 aromatic rings. The molecule has 0 radical (unpaired) electrons. The van der Waals surface area contributed by atoms with Crippen LogP contribution in [0.25, 0.3) is 0 Å². The minimum atomic E-state index is 0.297. The normalized spacial score (nSPS) is 18.3. The van der Waals surface area contributed by atoms with Crippen molar-refractivity contribution in [3.05, 3.63) is 16.6 Å². The van der Waals surface area contributed by atoms with Crippen LogP contribution in [0.2, 0.25) is 0 Å². The van der Waals surface area contributed by atoms with Gasteiger partial charge in [0.15, 0.2) is 5.78 Å². The van der Waals surface area contributed by atoms with Gasteiger partial charge in [0.25, 0.3) is 0 Å². The Bertz CT molecular complexity index is 262. The first-order valence-electron chi connectivity index (χ1n) is 4.30. The highest BCUT2D eigenvalue weighted by Crippen LogP contribution is 2.28. The summed E-state index contributed by atoms with van der Waals surface area (Å²) in [4.78, 5) is 16.4. The maximum atomic E-state index is 11.7.